The number of benzene rings is 2. The third-order valence-corrected chi connectivity index (χ3v) is 6.54. The number of ether oxygens (including phenoxy) is 1. The summed E-state index contributed by atoms with van der Waals surface area (Å²) in [6, 6.07) is 11.1. The predicted octanol–water partition coefficient (Wildman–Crippen LogP) is 3.40. The third-order valence-electron chi connectivity index (χ3n) is 6.54. The number of carbonyl (C=O) groups is 2. The van der Waals surface area contributed by atoms with Gasteiger partial charge in [0.05, 0.1) is 25.0 Å². The second kappa shape index (κ2) is 12.7. The zero-order chi connectivity index (χ0) is 26.2. The largest absolute Gasteiger partial charge is 0.379 e. The average Bonchev–Trinajstić information content (AvgIpc) is 3.36. The highest BCUT2D eigenvalue weighted by Gasteiger charge is 2.35. The Morgan fingerprint density at radius 2 is 1.84 bits per heavy atom. The molecule has 1 fully saturated rings. The monoisotopic (exact) mass is 513 g/mol. The van der Waals surface area contributed by atoms with Gasteiger partial charge in [0, 0.05) is 44.7 Å². The lowest BCUT2D eigenvalue weighted by molar-refractivity contribution is -0.133. The van der Waals surface area contributed by atoms with Crippen molar-refractivity contribution >= 4 is 17.6 Å². The highest BCUT2D eigenvalue weighted by molar-refractivity contribution is 6.03. The molecule has 10 heteroatoms. The Morgan fingerprint density at radius 1 is 1.11 bits per heavy atom. The Hall–Kier alpha value is -3.37. The summed E-state index contributed by atoms with van der Waals surface area (Å²) in [5, 5.41) is 8.66. The minimum Gasteiger partial charge on any atom is -0.379 e. The average molecular weight is 514 g/mol. The third kappa shape index (κ3) is 6.90. The smallest absolute Gasteiger partial charge is 0.317 e. The van der Waals surface area contributed by atoms with Gasteiger partial charge in [0.1, 0.15) is 18.2 Å². The van der Waals surface area contributed by atoms with Gasteiger partial charge in [-0.3, -0.25) is 9.69 Å². The zero-order valence-electron chi connectivity index (χ0n) is 21.0. The molecule has 8 nitrogen and oxygen atoms in total. The Balaban J connectivity index is 1.55. The molecule has 0 radical (unpaired) electrons. The minimum absolute atomic E-state index is 0.203. The van der Waals surface area contributed by atoms with E-state index in [0.717, 1.165) is 19.5 Å². The van der Waals surface area contributed by atoms with E-state index in [1.54, 1.807) is 30.3 Å². The molecule has 4 rings (SSSR count). The topological polar surface area (TPSA) is 77.5 Å². The normalized spacial score (nSPS) is 18.0. The van der Waals surface area contributed by atoms with Crippen molar-refractivity contribution in [2.45, 2.75) is 25.8 Å². The van der Waals surface area contributed by atoms with E-state index in [2.05, 4.69) is 15.3 Å². The van der Waals surface area contributed by atoms with Gasteiger partial charge in [0.25, 0.3) is 5.91 Å². The van der Waals surface area contributed by atoms with Gasteiger partial charge in [0.15, 0.2) is 0 Å². The van der Waals surface area contributed by atoms with Crippen LogP contribution < -0.4 is 5.32 Å². The van der Waals surface area contributed by atoms with E-state index in [0.29, 0.717) is 49.7 Å². The molecule has 1 N–H and O–H groups in total. The molecule has 3 amide bonds. The van der Waals surface area contributed by atoms with Crippen LogP contribution in [0.15, 0.2) is 53.6 Å². The van der Waals surface area contributed by atoms with Crippen molar-refractivity contribution in [3.8, 4) is 0 Å². The second-order valence-electron chi connectivity index (χ2n) is 9.14. The maximum Gasteiger partial charge on any atom is 0.317 e. The lowest BCUT2D eigenvalue weighted by Crippen LogP contribution is -2.49. The summed E-state index contributed by atoms with van der Waals surface area (Å²) >= 11 is 0. The number of hydrazone groups is 1. The second-order valence-corrected chi connectivity index (χ2v) is 9.14. The van der Waals surface area contributed by atoms with Crippen molar-refractivity contribution in [3.05, 3.63) is 71.3 Å². The van der Waals surface area contributed by atoms with Crippen molar-refractivity contribution in [3.63, 3.8) is 0 Å². The molecule has 2 aliphatic rings. The van der Waals surface area contributed by atoms with E-state index in [1.165, 1.54) is 28.1 Å². The first-order valence-corrected chi connectivity index (χ1v) is 12.7. The molecule has 2 aromatic carbocycles. The maximum absolute atomic E-state index is 14.8. The lowest BCUT2D eigenvalue weighted by Gasteiger charge is -2.31. The lowest BCUT2D eigenvalue weighted by atomic mass is 9.98. The molecule has 37 heavy (non-hydrogen) atoms. The standard InChI is InChI=1S/C27H33F2N5O3/c1-2-11-30-27(36)33(13-12-32-14-16-37-17-15-32)19-26(35)34-25(22-5-3-4-6-23(22)29)18-24(31-34)20-7-9-21(28)10-8-20/h3-10,25H,2,11-19H2,1H3,(H,30,36)/t25-/m0/s1. The molecule has 1 saturated heterocycles. The quantitative estimate of drug-likeness (QED) is 0.558. The first-order chi connectivity index (χ1) is 18.0. The molecular formula is C27H33F2N5O3. The number of hydrogen-bond acceptors (Lipinski definition) is 5. The molecular weight excluding hydrogens is 480 g/mol. The molecule has 0 spiro atoms. The summed E-state index contributed by atoms with van der Waals surface area (Å²) in [7, 11) is 0. The molecule has 0 aliphatic carbocycles. The Bertz CT molecular complexity index is 1110. The van der Waals surface area contributed by atoms with E-state index in [-0.39, 0.29) is 24.8 Å². The summed E-state index contributed by atoms with van der Waals surface area (Å²) < 4.78 is 33.7. The number of nitrogens with zero attached hydrogens (tertiary/aromatic N) is 4. The van der Waals surface area contributed by atoms with Crippen LogP contribution in [0.4, 0.5) is 13.6 Å². The molecule has 2 heterocycles. The van der Waals surface area contributed by atoms with Crippen molar-refractivity contribution in [1.82, 2.24) is 20.1 Å². The van der Waals surface area contributed by atoms with Gasteiger partial charge >= 0.3 is 6.03 Å². The van der Waals surface area contributed by atoms with Crippen LogP contribution in [0.5, 0.6) is 0 Å². The van der Waals surface area contributed by atoms with Crippen LogP contribution in [0.2, 0.25) is 0 Å². The molecule has 0 aromatic heterocycles. The summed E-state index contributed by atoms with van der Waals surface area (Å²) in [6.45, 7) is 6.03. The van der Waals surface area contributed by atoms with Crippen molar-refractivity contribution in [1.29, 1.82) is 0 Å². The highest BCUT2D eigenvalue weighted by Crippen LogP contribution is 2.34. The Labute approximate surface area is 215 Å². The number of nitrogens with one attached hydrogen (secondary N) is 1. The number of carbonyl (C=O) groups excluding carboxylic acids is 2. The van der Waals surface area contributed by atoms with Crippen molar-refractivity contribution in [2.24, 2.45) is 5.10 Å². The van der Waals surface area contributed by atoms with Gasteiger partial charge in [-0.2, -0.15) is 5.10 Å². The van der Waals surface area contributed by atoms with Gasteiger partial charge in [-0.25, -0.2) is 18.6 Å². The fraction of sp³-hybridized carbons (Fsp3) is 0.444. The van der Waals surface area contributed by atoms with Crippen LogP contribution in [0, 0.1) is 11.6 Å². The van der Waals surface area contributed by atoms with E-state index in [9.17, 15) is 18.4 Å². The fourth-order valence-corrected chi connectivity index (χ4v) is 4.46. The molecule has 198 valence electrons. The number of rotatable bonds is 9. The van der Waals surface area contributed by atoms with Crippen LogP contribution in [0.3, 0.4) is 0 Å². The fourth-order valence-electron chi connectivity index (χ4n) is 4.46. The van der Waals surface area contributed by atoms with E-state index in [1.807, 2.05) is 6.92 Å². The van der Waals surface area contributed by atoms with Gasteiger partial charge < -0.3 is 15.0 Å². The van der Waals surface area contributed by atoms with E-state index < -0.39 is 17.8 Å². The number of amides is 3. The van der Waals surface area contributed by atoms with Gasteiger partial charge in [0.2, 0.25) is 0 Å². The SMILES string of the molecule is CCCNC(=O)N(CCN1CCOCC1)CC(=O)N1N=C(c2ccc(F)cc2)C[C@H]1c1ccccc1F. The van der Waals surface area contributed by atoms with Crippen LogP contribution in [-0.2, 0) is 9.53 Å². The molecule has 0 bridgehead atoms. The van der Waals surface area contributed by atoms with Gasteiger partial charge in [-0.15, -0.1) is 0 Å². The summed E-state index contributed by atoms with van der Waals surface area (Å²) in [6.07, 6.45) is 1.04. The first-order valence-electron chi connectivity index (χ1n) is 12.7. The minimum atomic E-state index is -0.673. The molecule has 2 aromatic rings. The Morgan fingerprint density at radius 3 is 2.54 bits per heavy atom. The van der Waals surface area contributed by atoms with Crippen LogP contribution in [0.25, 0.3) is 0 Å². The summed E-state index contributed by atoms with van der Waals surface area (Å²) in [4.78, 5) is 30.2. The van der Waals surface area contributed by atoms with Gasteiger partial charge in [-0.1, -0.05) is 37.3 Å². The molecule has 1 atom stereocenters. The van der Waals surface area contributed by atoms with Crippen LogP contribution >= 0.6 is 0 Å². The van der Waals surface area contributed by atoms with Crippen molar-refractivity contribution < 1.29 is 23.1 Å². The summed E-state index contributed by atoms with van der Waals surface area (Å²) in [5.74, 6) is -1.24. The summed E-state index contributed by atoms with van der Waals surface area (Å²) in [5.41, 5.74) is 1.55. The number of hydrogen-bond donors (Lipinski definition) is 1. The first kappa shape index (κ1) is 26.7. The Kier molecular flexibility index (Phi) is 9.19. The molecule has 2 aliphatic heterocycles. The van der Waals surface area contributed by atoms with E-state index >= 15 is 0 Å². The molecule has 0 saturated carbocycles. The van der Waals surface area contributed by atoms with Crippen LogP contribution in [0.1, 0.15) is 36.9 Å². The van der Waals surface area contributed by atoms with Gasteiger partial charge in [-0.05, 0) is 30.2 Å². The molecule has 0 unspecified atom stereocenters. The maximum atomic E-state index is 14.8. The number of morpholine rings is 1. The van der Waals surface area contributed by atoms with Crippen LogP contribution in [-0.4, -0.2) is 84.9 Å². The highest BCUT2D eigenvalue weighted by atomic mass is 19.1. The number of urea groups is 1. The zero-order valence-corrected chi connectivity index (χ0v) is 21.0. The predicted molar refractivity (Wildman–Crippen MR) is 136 cm³/mol. The number of halogens is 2. The van der Waals surface area contributed by atoms with E-state index in [4.69, 9.17) is 4.74 Å². The van der Waals surface area contributed by atoms with Crippen molar-refractivity contribution in [2.75, 3.05) is 52.5 Å².